The summed E-state index contributed by atoms with van der Waals surface area (Å²) in [6.07, 6.45) is 22.7. The number of rotatable bonds is 32. The number of unbranched alkanes of at least 4 members (excludes halogenated alkanes) is 15. The number of hydrogen-bond acceptors (Lipinski definition) is 6. The Kier molecular flexibility index (Phi) is 31.9. The molecule has 38 heavy (non-hydrogen) atoms. The van der Waals surface area contributed by atoms with Gasteiger partial charge in [0.2, 0.25) is 0 Å². The van der Waals surface area contributed by atoms with Crippen molar-refractivity contribution in [2.75, 3.05) is 59.5 Å². The van der Waals surface area contributed by atoms with Gasteiger partial charge in [-0.2, -0.15) is 0 Å². The van der Waals surface area contributed by atoms with Crippen LogP contribution in [0.15, 0.2) is 0 Å². The summed E-state index contributed by atoms with van der Waals surface area (Å²) in [5.74, 6) is 0.442. The topological polar surface area (TPSA) is 63.2 Å². The molecule has 0 amide bonds. The van der Waals surface area contributed by atoms with Crippen LogP contribution >= 0.6 is 0 Å². The quantitative estimate of drug-likeness (QED) is 0.0627. The molecule has 0 unspecified atom stereocenters. The van der Waals surface area contributed by atoms with Gasteiger partial charge in [-0.15, -0.1) is 0 Å². The molecule has 0 aliphatic rings. The van der Waals surface area contributed by atoms with Crippen LogP contribution in [-0.2, 0) is 28.5 Å². The van der Waals surface area contributed by atoms with Crippen LogP contribution in [0.25, 0.3) is 0 Å². The van der Waals surface area contributed by atoms with Crippen molar-refractivity contribution < 1.29 is 28.5 Å². The van der Waals surface area contributed by atoms with Gasteiger partial charge >= 0.3 is 5.97 Å². The second-order valence-corrected chi connectivity index (χ2v) is 10.9. The Bertz CT molecular complexity index is 457. The summed E-state index contributed by atoms with van der Waals surface area (Å²) in [6.45, 7) is 11.8. The van der Waals surface area contributed by atoms with Crippen LogP contribution in [-0.4, -0.2) is 65.4 Å². The Morgan fingerprint density at radius 3 is 1.32 bits per heavy atom. The maximum Gasteiger partial charge on any atom is 0.305 e. The van der Waals surface area contributed by atoms with E-state index in [-0.39, 0.29) is 5.97 Å². The minimum Gasteiger partial charge on any atom is -0.466 e. The highest BCUT2D eigenvalue weighted by Crippen LogP contribution is 2.13. The third kappa shape index (κ3) is 33.3. The maximum atomic E-state index is 11.8. The van der Waals surface area contributed by atoms with E-state index in [0.29, 0.717) is 71.6 Å². The Labute approximate surface area is 236 Å². The molecule has 0 aliphatic heterocycles. The lowest BCUT2D eigenvalue weighted by Crippen LogP contribution is -2.13. The van der Waals surface area contributed by atoms with Gasteiger partial charge in [0.25, 0.3) is 0 Å². The van der Waals surface area contributed by atoms with Gasteiger partial charge in [-0.1, -0.05) is 117 Å². The molecule has 0 radical (unpaired) electrons. The SMILES string of the molecule is CCCCCCCCCCCCCCCCCCOC(=O)CCCOCCOCCOCCOCC(C)C. The second-order valence-electron chi connectivity index (χ2n) is 10.9. The van der Waals surface area contributed by atoms with Crippen molar-refractivity contribution in [3.63, 3.8) is 0 Å². The molecular formula is C32H64O6. The first-order valence-electron chi connectivity index (χ1n) is 16.1. The highest BCUT2D eigenvalue weighted by molar-refractivity contribution is 5.69. The molecule has 6 nitrogen and oxygen atoms in total. The number of hydrogen-bond donors (Lipinski definition) is 0. The van der Waals surface area contributed by atoms with Crippen molar-refractivity contribution in [2.45, 2.75) is 136 Å². The Hall–Kier alpha value is -0.690. The van der Waals surface area contributed by atoms with E-state index in [2.05, 4.69) is 20.8 Å². The van der Waals surface area contributed by atoms with Crippen molar-refractivity contribution in [1.82, 2.24) is 0 Å². The van der Waals surface area contributed by atoms with E-state index in [0.717, 1.165) is 19.4 Å². The Morgan fingerprint density at radius 1 is 0.474 bits per heavy atom. The summed E-state index contributed by atoms with van der Waals surface area (Å²) >= 11 is 0. The molecule has 0 saturated heterocycles. The van der Waals surface area contributed by atoms with Gasteiger partial charge in [0.15, 0.2) is 0 Å². The molecule has 0 N–H and O–H groups in total. The van der Waals surface area contributed by atoms with Gasteiger partial charge in [0.05, 0.1) is 46.2 Å². The number of esters is 1. The molecule has 0 atom stereocenters. The number of carbonyl (C=O) groups is 1. The zero-order valence-electron chi connectivity index (χ0n) is 25.6. The molecule has 0 heterocycles. The van der Waals surface area contributed by atoms with Crippen molar-refractivity contribution >= 4 is 5.97 Å². The van der Waals surface area contributed by atoms with E-state index in [9.17, 15) is 4.79 Å². The molecule has 228 valence electrons. The van der Waals surface area contributed by atoms with Gasteiger partial charge in [-0.3, -0.25) is 4.79 Å². The first kappa shape index (κ1) is 37.3. The minimum absolute atomic E-state index is 0.111. The molecule has 0 bridgehead atoms. The lowest BCUT2D eigenvalue weighted by atomic mass is 10.0. The summed E-state index contributed by atoms with van der Waals surface area (Å²) in [6, 6.07) is 0. The molecule has 0 saturated carbocycles. The molecule has 0 rings (SSSR count). The molecule has 0 aliphatic carbocycles. The van der Waals surface area contributed by atoms with Crippen molar-refractivity contribution in [2.24, 2.45) is 5.92 Å². The zero-order valence-corrected chi connectivity index (χ0v) is 25.6. The highest BCUT2D eigenvalue weighted by atomic mass is 16.6. The standard InChI is InChI=1S/C32H64O6/c1-4-5-6-7-8-9-10-11-12-13-14-15-16-17-18-19-23-38-32(33)21-20-22-34-24-25-35-26-27-36-28-29-37-30-31(2)3/h31H,4-30H2,1-3H3. The monoisotopic (exact) mass is 544 g/mol. The second kappa shape index (κ2) is 32.5. The minimum atomic E-state index is -0.111. The van der Waals surface area contributed by atoms with Gasteiger partial charge in [-0.05, 0) is 18.8 Å². The van der Waals surface area contributed by atoms with Gasteiger partial charge in [-0.25, -0.2) is 0 Å². The third-order valence-electron chi connectivity index (χ3n) is 6.50. The molecular weight excluding hydrogens is 480 g/mol. The average Bonchev–Trinajstić information content (AvgIpc) is 2.90. The van der Waals surface area contributed by atoms with Gasteiger partial charge < -0.3 is 23.7 Å². The van der Waals surface area contributed by atoms with Crippen molar-refractivity contribution in [3.8, 4) is 0 Å². The van der Waals surface area contributed by atoms with Crippen LogP contribution in [0, 0.1) is 5.92 Å². The smallest absolute Gasteiger partial charge is 0.305 e. The van der Waals surface area contributed by atoms with E-state index in [1.54, 1.807) is 0 Å². The summed E-state index contributed by atoms with van der Waals surface area (Å²) in [5.41, 5.74) is 0. The van der Waals surface area contributed by atoms with Crippen LogP contribution in [0.4, 0.5) is 0 Å². The fraction of sp³-hybridized carbons (Fsp3) is 0.969. The molecule has 0 spiro atoms. The van der Waals surface area contributed by atoms with Crippen LogP contribution in [0.1, 0.15) is 136 Å². The van der Waals surface area contributed by atoms with Crippen molar-refractivity contribution in [1.29, 1.82) is 0 Å². The first-order chi connectivity index (χ1) is 18.7. The molecule has 0 aromatic rings. The van der Waals surface area contributed by atoms with Gasteiger partial charge in [0, 0.05) is 19.6 Å². The maximum absolute atomic E-state index is 11.8. The normalized spacial score (nSPS) is 11.5. The zero-order chi connectivity index (χ0) is 27.8. The fourth-order valence-electron chi connectivity index (χ4n) is 4.21. The number of ether oxygens (including phenoxy) is 5. The van der Waals surface area contributed by atoms with Crippen LogP contribution < -0.4 is 0 Å². The third-order valence-corrected chi connectivity index (χ3v) is 6.50. The van der Waals surface area contributed by atoms with Crippen molar-refractivity contribution in [3.05, 3.63) is 0 Å². The lowest BCUT2D eigenvalue weighted by molar-refractivity contribution is -0.144. The summed E-state index contributed by atoms with van der Waals surface area (Å²) in [7, 11) is 0. The largest absolute Gasteiger partial charge is 0.466 e. The first-order valence-corrected chi connectivity index (χ1v) is 16.1. The van der Waals surface area contributed by atoms with E-state index in [1.807, 2.05) is 0 Å². The van der Waals surface area contributed by atoms with E-state index in [4.69, 9.17) is 23.7 Å². The Balaban J connectivity index is 3.15. The molecule has 0 fully saturated rings. The van der Waals surface area contributed by atoms with E-state index >= 15 is 0 Å². The van der Waals surface area contributed by atoms with Gasteiger partial charge in [0.1, 0.15) is 0 Å². The number of carbonyl (C=O) groups excluding carboxylic acids is 1. The molecule has 0 aromatic heterocycles. The summed E-state index contributed by atoms with van der Waals surface area (Å²) < 4.78 is 27.2. The summed E-state index contributed by atoms with van der Waals surface area (Å²) in [4.78, 5) is 11.8. The van der Waals surface area contributed by atoms with Crippen LogP contribution in [0.2, 0.25) is 0 Å². The lowest BCUT2D eigenvalue weighted by Gasteiger charge is -2.08. The van der Waals surface area contributed by atoms with E-state index in [1.165, 1.54) is 89.9 Å². The van der Waals surface area contributed by atoms with Crippen LogP contribution in [0.3, 0.4) is 0 Å². The highest BCUT2D eigenvalue weighted by Gasteiger charge is 2.03. The van der Waals surface area contributed by atoms with Crippen LogP contribution in [0.5, 0.6) is 0 Å². The molecule has 0 aromatic carbocycles. The predicted molar refractivity (Wildman–Crippen MR) is 158 cm³/mol. The molecule has 6 heteroatoms. The predicted octanol–water partition coefficient (Wildman–Crippen LogP) is 8.29. The average molecular weight is 545 g/mol. The van der Waals surface area contributed by atoms with E-state index < -0.39 is 0 Å². The Morgan fingerprint density at radius 2 is 0.868 bits per heavy atom. The summed E-state index contributed by atoms with van der Waals surface area (Å²) in [5, 5.41) is 0. The fourth-order valence-corrected chi connectivity index (χ4v) is 4.21.